The Morgan fingerprint density at radius 1 is 1.19 bits per heavy atom. The van der Waals surface area contributed by atoms with E-state index in [9.17, 15) is 4.79 Å². The first kappa shape index (κ1) is 15.4. The summed E-state index contributed by atoms with van der Waals surface area (Å²) in [5.41, 5.74) is 2.79. The zero-order valence-electron chi connectivity index (χ0n) is 12.2. The Hall–Kier alpha value is -2.00. The predicted octanol–water partition coefficient (Wildman–Crippen LogP) is 3.77. The maximum Gasteiger partial charge on any atom is 0.251 e. The van der Waals surface area contributed by atoms with Gasteiger partial charge < -0.3 is 10.1 Å². The van der Waals surface area contributed by atoms with Crippen LogP contribution in [0, 0.1) is 13.8 Å². The average molecular weight is 304 g/mol. The summed E-state index contributed by atoms with van der Waals surface area (Å²) in [5.74, 6) is 0.703. The van der Waals surface area contributed by atoms with E-state index in [-0.39, 0.29) is 5.91 Å². The summed E-state index contributed by atoms with van der Waals surface area (Å²) in [5, 5.41) is 3.36. The molecule has 2 aromatic carbocycles. The van der Waals surface area contributed by atoms with Gasteiger partial charge in [-0.1, -0.05) is 29.8 Å². The summed E-state index contributed by atoms with van der Waals surface area (Å²) >= 11 is 5.86. The van der Waals surface area contributed by atoms with E-state index in [2.05, 4.69) is 5.32 Å². The molecule has 110 valence electrons. The van der Waals surface area contributed by atoms with Gasteiger partial charge in [-0.05, 0) is 49.2 Å². The lowest BCUT2D eigenvalue weighted by atomic mass is 10.1. The molecule has 0 aliphatic carbocycles. The highest BCUT2D eigenvalue weighted by atomic mass is 35.5. The number of hydrogen-bond donors (Lipinski definition) is 1. The van der Waals surface area contributed by atoms with Crippen LogP contribution in [-0.4, -0.2) is 19.1 Å². The Bertz CT molecular complexity index is 640. The summed E-state index contributed by atoms with van der Waals surface area (Å²) < 4.78 is 5.69. The standard InChI is InChI=1S/C17H18ClNO2/c1-12-6-7-13(2)16(10-12)21-9-8-19-17(20)14-4-3-5-15(18)11-14/h3-7,10-11H,8-9H2,1-2H3,(H,19,20). The van der Waals surface area contributed by atoms with Crippen molar-refractivity contribution in [3.63, 3.8) is 0 Å². The second-order valence-corrected chi connectivity index (χ2v) is 5.32. The number of carbonyl (C=O) groups is 1. The molecule has 0 bridgehead atoms. The molecule has 0 radical (unpaired) electrons. The van der Waals surface area contributed by atoms with Gasteiger partial charge in [0.2, 0.25) is 0 Å². The Balaban J connectivity index is 1.82. The Kier molecular flexibility index (Phi) is 5.23. The van der Waals surface area contributed by atoms with Crippen LogP contribution in [-0.2, 0) is 0 Å². The lowest BCUT2D eigenvalue weighted by Gasteiger charge is -2.10. The van der Waals surface area contributed by atoms with E-state index >= 15 is 0 Å². The van der Waals surface area contributed by atoms with Crippen LogP contribution in [0.5, 0.6) is 5.75 Å². The fraction of sp³-hybridized carbons (Fsp3) is 0.235. The summed E-state index contributed by atoms with van der Waals surface area (Å²) in [6.07, 6.45) is 0. The van der Waals surface area contributed by atoms with Crippen LogP contribution in [0.2, 0.25) is 5.02 Å². The molecule has 0 fully saturated rings. The summed E-state index contributed by atoms with van der Waals surface area (Å²) in [4.78, 5) is 11.9. The smallest absolute Gasteiger partial charge is 0.251 e. The van der Waals surface area contributed by atoms with Gasteiger partial charge in [0, 0.05) is 10.6 Å². The third-order valence-corrected chi connectivity index (χ3v) is 3.31. The van der Waals surface area contributed by atoms with Crippen molar-refractivity contribution in [1.29, 1.82) is 0 Å². The zero-order chi connectivity index (χ0) is 15.2. The molecule has 0 unspecified atom stereocenters. The Morgan fingerprint density at radius 3 is 2.76 bits per heavy atom. The van der Waals surface area contributed by atoms with Gasteiger partial charge in [-0.2, -0.15) is 0 Å². The van der Waals surface area contributed by atoms with Gasteiger partial charge in [-0.15, -0.1) is 0 Å². The maximum atomic E-state index is 11.9. The molecule has 1 N–H and O–H groups in total. The summed E-state index contributed by atoms with van der Waals surface area (Å²) in [6, 6.07) is 12.9. The predicted molar refractivity (Wildman–Crippen MR) is 85.2 cm³/mol. The van der Waals surface area contributed by atoms with Crippen molar-refractivity contribution in [1.82, 2.24) is 5.32 Å². The van der Waals surface area contributed by atoms with Crippen molar-refractivity contribution in [2.75, 3.05) is 13.2 Å². The molecule has 4 heteroatoms. The number of rotatable bonds is 5. The van der Waals surface area contributed by atoms with E-state index < -0.39 is 0 Å². The van der Waals surface area contributed by atoms with Gasteiger partial charge in [0.15, 0.2) is 0 Å². The number of nitrogens with one attached hydrogen (secondary N) is 1. The number of hydrogen-bond acceptors (Lipinski definition) is 2. The van der Waals surface area contributed by atoms with Crippen molar-refractivity contribution >= 4 is 17.5 Å². The Labute approximate surface area is 129 Å². The van der Waals surface area contributed by atoms with E-state index in [0.717, 1.165) is 16.9 Å². The zero-order valence-corrected chi connectivity index (χ0v) is 12.9. The highest BCUT2D eigenvalue weighted by molar-refractivity contribution is 6.30. The molecule has 1 amide bonds. The minimum atomic E-state index is -0.151. The number of amides is 1. The number of aryl methyl sites for hydroxylation is 2. The van der Waals surface area contributed by atoms with Gasteiger partial charge in [0.1, 0.15) is 12.4 Å². The Morgan fingerprint density at radius 2 is 2.00 bits per heavy atom. The van der Waals surface area contributed by atoms with E-state index in [1.54, 1.807) is 24.3 Å². The van der Waals surface area contributed by atoms with Crippen LogP contribution in [0.25, 0.3) is 0 Å². The highest BCUT2D eigenvalue weighted by Gasteiger charge is 2.05. The van der Waals surface area contributed by atoms with Gasteiger partial charge in [-0.3, -0.25) is 4.79 Å². The number of carbonyl (C=O) groups excluding carboxylic acids is 1. The first-order valence-electron chi connectivity index (χ1n) is 6.80. The van der Waals surface area contributed by atoms with E-state index in [4.69, 9.17) is 16.3 Å². The SMILES string of the molecule is Cc1ccc(C)c(OCCNC(=O)c2cccc(Cl)c2)c1. The van der Waals surface area contributed by atoms with Gasteiger partial charge in [0.05, 0.1) is 6.54 Å². The van der Waals surface area contributed by atoms with E-state index in [0.29, 0.717) is 23.7 Å². The number of ether oxygens (including phenoxy) is 1. The van der Waals surface area contributed by atoms with Crippen LogP contribution < -0.4 is 10.1 Å². The molecule has 2 rings (SSSR count). The fourth-order valence-electron chi connectivity index (χ4n) is 1.92. The van der Waals surface area contributed by atoms with Crippen molar-refractivity contribution in [2.45, 2.75) is 13.8 Å². The highest BCUT2D eigenvalue weighted by Crippen LogP contribution is 2.18. The lowest BCUT2D eigenvalue weighted by Crippen LogP contribution is -2.28. The molecular formula is C17H18ClNO2. The molecule has 0 heterocycles. The fourth-order valence-corrected chi connectivity index (χ4v) is 2.11. The van der Waals surface area contributed by atoms with Crippen molar-refractivity contribution in [3.8, 4) is 5.75 Å². The van der Waals surface area contributed by atoms with Crippen molar-refractivity contribution in [2.24, 2.45) is 0 Å². The summed E-state index contributed by atoms with van der Waals surface area (Å²) in [7, 11) is 0. The molecular weight excluding hydrogens is 286 g/mol. The van der Waals surface area contributed by atoms with Crippen LogP contribution in [0.15, 0.2) is 42.5 Å². The molecule has 0 saturated carbocycles. The minimum Gasteiger partial charge on any atom is -0.491 e. The van der Waals surface area contributed by atoms with Crippen LogP contribution >= 0.6 is 11.6 Å². The molecule has 3 nitrogen and oxygen atoms in total. The first-order chi connectivity index (χ1) is 10.1. The van der Waals surface area contributed by atoms with Gasteiger partial charge in [-0.25, -0.2) is 0 Å². The molecule has 0 spiro atoms. The molecule has 0 aliphatic heterocycles. The third kappa shape index (κ3) is 4.50. The first-order valence-corrected chi connectivity index (χ1v) is 7.18. The maximum absolute atomic E-state index is 11.9. The van der Waals surface area contributed by atoms with Gasteiger partial charge in [0.25, 0.3) is 5.91 Å². The molecule has 0 atom stereocenters. The molecule has 0 aliphatic rings. The van der Waals surface area contributed by atoms with Crippen molar-refractivity contribution < 1.29 is 9.53 Å². The number of halogens is 1. The molecule has 2 aromatic rings. The third-order valence-electron chi connectivity index (χ3n) is 3.08. The quantitative estimate of drug-likeness (QED) is 0.854. The van der Waals surface area contributed by atoms with Crippen LogP contribution in [0.3, 0.4) is 0 Å². The number of benzene rings is 2. The monoisotopic (exact) mass is 303 g/mol. The second kappa shape index (κ2) is 7.14. The molecule has 0 aromatic heterocycles. The van der Waals surface area contributed by atoms with E-state index in [1.807, 2.05) is 32.0 Å². The molecule has 21 heavy (non-hydrogen) atoms. The summed E-state index contributed by atoms with van der Waals surface area (Å²) in [6.45, 7) is 4.89. The van der Waals surface area contributed by atoms with Gasteiger partial charge >= 0.3 is 0 Å². The topological polar surface area (TPSA) is 38.3 Å². The normalized spacial score (nSPS) is 10.2. The van der Waals surface area contributed by atoms with E-state index in [1.165, 1.54) is 0 Å². The largest absolute Gasteiger partial charge is 0.491 e. The second-order valence-electron chi connectivity index (χ2n) is 4.88. The lowest BCUT2D eigenvalue weighted by molar-refractivity contribution is 0.0947. The van der Waals surface area contributed by atoms with Crippen molar-refractivity contribution in [3.05, 3.63) is 64.2 Å². The van der Waals surface area contributed by atoms with Crippen LogP contribution in [0.4, 0.5) is 0 Å². The average Bonchev–Trinajstić information content (AvgIpc) is 2.46. The van der Waals surface area contributed by atoms with Crippen LogP contribution in [0.1, 0.15) is 21.5 Å². The minimum absolute atomic E-state index is 0.151. The molecule has 0 saturated heterocycles.